The highest BCUT2D eigenvalue weighted by molar-refractivity contribution is 7.91. The van der Waals surface area contributed by atoms with Crippen molar-refractivity contribution < 1.29 is 37.0 Å². The van der Waals surface area contributed by atoms with Crippen LogP contribution in [0, 0.1) is 0 Å². The number of ether oxygens (including phenoxy) is 4. The summed E-state index contributed by atoms with van der Waals surface area (Å²) in [6, 6.07) is 10.8. The molecule has 0 radical (unpaired) electrons. The lowest BCUT2D eigenvalue weighted by Crippen LogP contribution is -2.42. The van der Waals surface area contributed by atoms with E-state index in [1.165, 1.54) is 0 Å². The van der Waals surface area contributed by atoms with Crippen LogP contribution in [-0.2, 0) is 44.9 Å². The number of rotatable bonds is 25. The first-order valence-corrected chi connectivity index (χ1v) is 19.9. The Bertz CT molecular complexity index is 1470. The van der Waals surface area contributed by atoms with Crippen molar-refractivity contribution in [3.63, 3.8) is 0 Å². The van der Waals surface area contributed by atoms with Crippen LogP contribution in [-0.4, -0.2) is 135 Å². The Morgan fingerprint density at radius 2 is 1.39 bits per heavy atom. The van der Waals surface area contributed by atoms with E-state index in [-0.39, 0.29) is 48.1 Å². The zero-order valence-electron chi connectivity index (χ0n) is 30.1. The Hall–Kier alpha value is -2.33. The van der Waals surface area contributed by atoms with Crippen molar-refractivity contribution in [2.75, 3.05) is 105 Å². The summed E-state index contributed by atoms with van der Waals surface area (Å²) in [6.45, 7) is 7.88. The number of nitrogens with zero attached hydrogens (tertiary/aromatic N) is 2. The first-order valence-electron chi connectivity index (χ1n) is 17.5. The molecule has 0 fully saturated rings. The second kappa shape index (κ2) is 23.4. The van der Waals surface area contributed by atoms with E-state index in [1.54, 1.807) is 30.1 Å². The molecule has 0 bridgehead atoms. The number of fused-ring (bicyclic) bond motifs is 1. The molecule has 286 valence electrons. The van der Waals surface area contributed by atoms with Crippen LogP contribution in [0.3, 0.4) is 0 Å². The molecule has 51 heavy (non-hydrogen) atoms. The molecule has 1 heterocycles. The maximum absolute atomic E-state index is 13.0. The van der Waals surface area contributed by atoms with E-state index in [0.29, 0.717) is 69.2 Å². The minimum atomic E-state index is -3.47. The largest absolute Gasteiger partial charge is 0.379 e. The first kappa shape index (κ1) is 43.1. The Kier molecular flexibility index (Phi) is 19.7. The van der Waals surface area contributed by atoms with Crippen molar-refractivity contribution >= 4 is 44.9 Å². The van der Waals surface area contributed by atoms with E-state index in [4.69, 9.17) is 42.1 Å². The predicted molar refractivity (Wildman–Crippen MR) is 199 cm³/mol. The van der Waals surface area contributed by atoms with Gasteiger partial charge in [-0.1, -0.05) is 48.7 Å². The summed E-state index contributed by atoms with van der Waals surface area (Å²) in [5.41, 5.74) is 3.13. The van der Waals surface area contributed by atoms with Crippen LogP contribution in [0.5, 0.6) is 0 Å². The standard InChI is InChI=1S/C36H54Cl2N4O8S/c1-4-5-13-47-17-19-49-15-11-39-35(43)26-42(3)27-36(44)40-12-16-50-20-18-48-14-6-21-51(45,46)30-9-7-28(8-10-30)32-24-41(2)25-33-31(32)22-29(37)23-34(33)38/h7-10,22-23,32H,4-6,11-21,24-27H2,1-3H3,(H,39,43)(H,40,44). The van der Waals surface area contributed by atoms with Crippen molar-refractivity contribution in [1.29, 1.82) is 0 Å². The Labute approximate surface area is 313 Å². The molecule has 1 unspecified atom stereocenters. The van der Waals surface area contributed by atoms with Crippen molar-refractivity contribution in [1.82, 2.24) is 20.4 Å². The number of hydrogen-bond donors (Lipinski definition) is 2. The van der Waals surface area contributed by atoms with Gasteiger partial charge in [-0.2, -0.15) is 0 Å². The molecule has 0 spiro atoms. The third-order valence-corrected chi connectivity index (χ3v) is 10.6. The topological polar surface area (TPSA) is 136 Å². The molecule has 2 N–H and O–H groups in total. The smallest absolute Gasteiger partial charge is 0.234 e. The molecule has 2 amide bonds. The van der Waals surface area contributed by atoms with Crippen molar-refractivity contribution in [3.8, 4) is 0 Å². The van der Waals surface area contributed by atoms with E-state index in [2.05, 4.69) is 22.5 Å². The highest BCUT2D eigenvalue weighted by atomic mass is 35.5. The fourth-order valence-corrected chi connectivity index (χ4v) is 7.43. The normalized spacial score (nSPS) is 14.8. The van der Waals surface area contributed by atoms with Gasteiger partial charge in [0, 0.05) is 55.4 Å². The van der Waals surface area contributed by atoms with E-state index >= 15 is 0 Å². The highest BCUT2D eigenvalue weighted by Gasteiger charge is 2.27. The van der Waals surface area contributed by atoms with Gasteiger partial charge in [-0.15, -0.1) is 0 Å². The van der Waals surface area contributed by atoms with Crippen LogP contribution in [0.15, 0.2) is 41.3 Å². The van der Waals surface area contributed by atoms with Gasteiger partial charge < -0.3 is 34.5 Å². The van der Waals surface area contributed by atoms with Crippen molar-refractivity contribution in [3.05, 3.63) is 63.1 Å². The minimum absolute atomic E-state index is 0.0287. The third-order valence-electron chi connectivity index (χ3n) is 8.19. The summed E-state index contributed by atoms with van der Waals surface area (Å²) in [6.07, 6.45) is 2.48. The summed E-state index contributed by atoms with van der Waals surface area (Å²) >= 11 is 12.8. The van der Waals surface area contributed by atoms with Gasteiger partial charge in [0.25, 0.3) is 0 Å². The molecule has 1 aliphatic rings. The number of sulfone groups is 1. The van der Waals surface area contributed by atoms with Crippen LogP contribution in [0.4, 0.5) is 0 Å². The molecule has 12 nitrogen and oxygen atoms in total. The number of likely N-dealkylation sites (N-methyl/N-ethyl adjacent to an activating group) is 2. The van der Waals surface area contributed by atoms with Gasteiger partial charge in [0.15, 0.2) is 9.84 Å². The zero-order chi connectivity index (χ0) is 37.1. The summed E-state index contributed by atoms with van der Waals surface area (Å²) in [5.74, 6) is -0.392. The Balaban J connectivity index is 1.21. The lowest BCUT2D eigenvalue weighted by atomic mass is 9.85. The molecular formula is C36H54Cl2N4O8S. The number of unbranched alkanes of at least 4 members (excludes halogenated alkanes) is 1. The van der Waals surface area contributed by atoms with E-state index in [0.717, 1.165) is 49.2 Å². The van der Waals surface area contributed by atoms with E-state index in [9.17, 15) is 18.0 Å². The van der Waals surface area contributed by atoms with Gasteiger partial charge in [-0.3, -0.25) is 14.5 Å². The number of amides is 2. The molecule has 0 aliphatic carbocycles. The van der Waals surface area contributed by atoms with Crippen LogP contribution in [0.1, 0.15) is 48.8 Å². The number of halogens is 2. The number of benzene rings is 2. The van der Waals surface area contributed by atoms with E-state index in [1.807, 2.05) is 25.2 Å². The Morgan fingerprint density at radius 1 is 0.843 bits per heavy atom. The number of carbonyl (C=O) groups excluding carboxylic acids is 2. The van der Waals surface area contributed by atoms with Crippen LogP contribution in [0.25, 0.3) is 0 Å². The van der Waals surface area contributed by atoms with Gasteiger partial charge in [-0.05, 0) is 67.9 Å². The van der Waals surface area contributed by atoms with E-state index < -0.39 is 9.84 Å². The number of hydrogen-bond acceptors (Lipinski definition) is 10. The molecule has 0 aromatic heterocycles. The van der Waals surface area contributed by atoms with Gasteiger partial charge in [0.1, 0.15) is 0 Å². The fourth-order valence-electron chi connectivity index (χ4n) is 5.58. The molecule has 3 rings (SSSR count). The minimum Gasteiger partial charge on any atom is -0.379 e. The van der Waals surface area contributed by atoms with Gasteiger partial charge in [0.05, 0.1) is 63.4 Å². The molecule has 2 aromatic rings. The Morgan fingerprint density at radius 3 is 1.96 bits per heavy atom. The average Bonchev–Trinajstić information content (AvgIpc) is 3.08. The predicted octanol–water partition coefficient (Wildman–Crippen LogP) is 3.77. The summed E-state index contributed by atoms with van der Waals surface area (Å²) in [4.78, 5) is 28.3. The van der Waals surface area contributed by atoms with Gasteiger partial charge in [0.2, 0.25) is 11.8 Å². The summed E-state index contributed by atoms with van der Waals surface area (Å²) < 4.78 is 47.8. The van der Waals surface area contributed by atoms with Crippen LogP contribution >= 0.6 is 23.2 Å². The lowest BCUT2D eigenvalue weighted by molar-refractivity contribution is -0.124. The second-order valence-electron chi connectivity index (χ2n) is 12.6. The van der Waals surface area contributed by atoms with Gasteiger partial charge >= 0.3 is 0 Å². The molecule has 0 saturated heterocycles. The molecule has 15 heteroatoms. The highest BCUT2D eigenvalue weighted by Crippen LogP contribution is 2.38. The summed E-state index contributed by atoms with van der Waals surface area (Å²) in [5, 5.41) is 6.75. The summed E-state index contributed by atoms with van der Waals surface area (Å²) in [7, 11) is 0.262. The number of nitrogens with one attached hydrogen (secondary N) is 2. The molecule has 0 saturated carbocycles. The molecular weight excluding hydrogens is 719 g/mol. The second-order valence-corrected chi connectivity index (χ2v) is 15.6. The van der Waals surface area contributed by atoms with Crippen molar-refractivity contribution in [2.24, 2.45) is 0 Å². The van der Waals surface area contributed by atoms with Crippen LogP contribution in [0.2, 0.25) is 10.0 Å². The lowest BCUT2D eigenvalue weighted by Gasteiger charge is -2.33. The van der Waals surface area contributed by atoms with Crippen molar-refractivity contribution in [2.45, 2.75) is 43.5 Å². The van der Waals surface area contributed by atoms with Gasteiger partial charge in [-0.25, -0.2) is 8.42 Å². The average molecular weight is 774 g/mol. The molecule has 1 aliphatic heterocycles. The maximum Gasteiger partial charge on any atom is 0.234 e. The monoisotopic (exact) mass is 772 g/mol. The number of carbonyl (C=O) groups is 2. The van der Waals surface area contributed by atoms with Crippen LogP contribution < -0.4 is 10.6 Å². The quantitative estimate of drug-likeness (QED) is 0.144. The first-order chi connectivity index (χ1) is 24.5. The molecule has 1 atom stereocenters. The zero-order valence-corrected chi connectivity index (χ0v) is 32.4. The maximum atomic E-state index is 13.0. The SMILES string of the molecule is CCCCOCCOCCNC(=O)CN(C)CC(=O)NCCOCCOCCCS(=O)(=O)c1ccc(C2CN(C)Cc3c(Cl)cc(Cl)cc32)cc1. The third kappa shape index (κ3) is 16.1. The molecule has 2 aromatic carbocycles. The fraction of sp³-hybridized carbons (Fsp3) is 0.611.